The van der Waals surface area contributed by atoms with Gasteiger partial charge in [0.15, 0.2) is 5.11 Å². The summed E-state index contributed by atoms with van der Waals surface area (Å²) in [4.78, 5) is 65.0. The Balaban J connectivity index is 1.63. The smallest absolute Gasteiger partial charge is 0.317 e. The van der Waals surface area contributed by atoms with Crippen LogP contribution in [-0.4, -0.2) is 141 Å². The van der Waals surface area contributed by atoms with Crippen LogP contribution in [0.25, 0.3) is 0 Å². The first-order chi connectivity index (χ1) is 20.3. The minimum atomic E-state index is -1.03. The van der Waals surface area contributed by atoms with Crippen molar-refractivity contribution in [1.82, 2.24) is 24.9 Å². The third-order valence-electron chi connectivity index (χ3n) is 6.84. The van der Waals surface area contributed by atoms with Gasteiger partial charge in [0.25, 0.3) is 11.8 Å². The Morgan fingerprint density at radius 1 is 0.837 bits per heavy atom. The molecule has 2 heterocycles. The van der Waals surface area contributed by atoms with Gasteiger partial charge in [-0.25, -0.2) is 0 Å². The van der Waals surface area contributed by atoms with Gasteiger partial charge < -0.3 is 26.0 Å². The number of benzene rings is 1. The van der Waals surface area contributed by atoms with E-state index in [4.69, 9.17) is 12.2 Å². The summed E-state index contributed by atoms with van der Waals surface area (Å²) >= 11 is 11.5. The molecule has 14 nitrogen and oxygen atoms in total. The second-order valence-electron chi connectivity index (χ2n) is 9.99. The van der Waals surface area contributed by atoms with Crippen molar-refractivity contribution in [1.29, 1.82) is 0 Å². The van der Waals surface area contributed by atoms with Gasteiger partial charge in [0.2, 0.25) is 0 Å². The molecule has 0 bridgehead atoms. The number of rotatable bonds is 12. The summed E-state index contributed by atoms with van der Waals surface area (Å²) in [5, 5.41) is 34.6. The lowest BCUT2D eigenvalue weighted by Gasteiger charge is -2.33. The largest absolute Gasteiger partial charge is 0.480 e. The third-order valence-corrected chi connectivity index (χ3v) is 9.09. The highest BCUT2D eigenvalue weighted by molar-refractivity contribution is 9.14. The van der Waals surface area contributed by atoms with Crippen LogP contribution >= 0.6 is 44.1 Å². The Kier molecular flexibility index (Phi) is 13.0. The Bertz CT molecular complexity index is 1260. The molecule has 1 saturated heterocycles. The van der Waals surface area contributed by atoms with Crippen molar-refractivity contribution in [3.63, 3.8) is 0 Å². The number of carboxylic acids is 3. The van der Waals surface area contributed by atoms with Crippen LogP contribution in [0.5, 0.6) is 0 Å². The summed E-state index contributed by atoms with van der Waals surface area (Å²) in [5.74, 6) is -3.93. The highest BCUT2D eigenvalue weighted by Crippen LogP contribution is 2.29. The van der Waals surface area contributed by atoms with Gasteiger partial charge in [-0.3, -0.25) is 43.6 Å². The molecule has 3 rings (SSSR count). The van der Waals surface area contributed by atoms with Crippen molar-refractivity contribution in [3.05, 3.63) is 38.8 Å². The molecule has 1 aromatic carbocycles. The molecule has 5 N–H and O–H groups in total. The number of carbonyl (C=O) groups excluding carboxylic acids is 2. The lowest BCUT2D eigenvalue weighted by molar-refractivity contribution is -0.140. The highest BCUT2D eigenvalue weighted by atomic mass is 79.9. The molecule has 234 valence electrons. The molecule has 17 heteroatoms. The predicted octanol–water partition coefficient (Wildman–Crippen LogP) is 0.428. The highest BCUT2D eigenvalue weighted by Gasteiger charge is 2.35. The molecular formula is C26H32Br2N6O8S. The van der Waals surface area contributed by atoms with E-state index in [0.29, 0.717) is 44.8 Å². The number of anilines is 1. The van der Waals surface area contributed by atoms with Crippen LogP contribution in [0.15, 0.2) is 33.2 Å². The molecule has 0 spiro atoms. The van der Waals surface area contributed by atoms with E-state index in [2.05, 4.69) is 42.5 Å². The lowest BCUT2D eigenvalue weighted by Crippen LogP contribution is -2.49. The fourth-order valence-electron chi connectivity index (χ4n) is 4.78. The number of imide groups is 1. The molecule has 2 amide bonds. The first-order valence-electron chi connectivity index (χ1n) is 13.2. The normalized spacial score (nSPS) is 19.1. The van der Waals surface area contributed by atoms with Crippen LogP contribution in [0.4, 0.5) is 5.69 Å². The molecule has 2 aliphatic heterocycles. The van der Waals surface area contributed by atoms with Gasteiger partial charge in [-0.05, 0) is 68.2 Å². The van der Waals surface area contributed by atoms with Gasteiger partial charge in [-0.2, -0.15) is 0 Å². The number of aliphatic carboxylic acids is 3. The quantitative estimate of drug-likeness (QED) is 0.147. The summed E-state index contributed by atoms with van der Waals surface area (Å²) in [5.41, 5.74) is 1.56. The zero-order chi connectivity index (χ0) is 31.7. The topological polar surface area (TPSA) is 183 Å². The molecule has 43 heavy (non-hydrogen) atoms. The first-order valence-corrected chi connectivity index (χ1v) is 15.2. The lowest BCUT2D eigenvalue weighted by atomic mass is 10.0. The molecule has 1 unspecified atom stereocenters. The number of nitrogens with one attached hydrogen (secondary N) is 2. The second-order valence-corrected chi connectivity index (χ2v) is 12.0. The van der Waals surface area contributed by atoms with Gasteiger partial charge in [0.05, 0.1) is 19.6 Å². The van der Waals surface area contributed by atoms with Crippen molar-refractivity contribution in [2.24, 2.45) is 0 Å². The average molecular weight is 748 g/mol. The van der Waals surface area contributed by atoms with E-state index in [0.717, 1.165) is 10.5 Å². The summed E-state index contributed by atoms with van der Waals surface area (Å²) in [6.07, 6.45) is 0.433. The van der Waals surface area contributed by atoms with Crippen LogP contribution in [0, 0.1) is 0 Å². The van der Waals surface area contributed by atoms with E-state index in [9.17, 15) is 39.3 Å². The summed E-state index contributed by atoms with van der Waals surface area (Å²) < 4.78 is 0.350. The standard InChI is InChI=1S/C26H32Br2N6O8S/c27-22-23(28)25(42)34(24(22)41)6-5-29-26(43)30-17-3-1-16(2-4-17)11-18-12-32(14-20(37)38)8-7-31(13-19(35)36)9-10-33(18)15-21(39)40/h1-4,18H,5-15H2,(H,35,36)(H,37,38)(H,39,40)(H2,29,30,43). The Hall–Kier alpha value is -2.96. The van der Waals surface area contributed by atoms with E-state index in [1.54, 1.807) is 26.8 Å². The molecule has 0 aromatic heterocycles. The fourth-order valence-corrected chi connectivity index (χ4v) is 5.77. The molecule has 1 aromatic rings. The van der Waals surface area contributed by atoms with E-state index in [-0.39, 0.29) is 52.8 Å². The molecule has 2 aliphatic rings. The van der Waals surface area contributed by atoms with E-state index >= 15 is 0 Å². The number of nitrogens with zero attached hydrogens (tertiary/aromatic N) is 4. The fraction of sp³-hybridized carbons (Fsp3) is 0.462. The van der Waals surface area contributed by atoms with Crippen molar-refractivity contribution in [3.8, 4) is 0 Å². The van der Waals surface area contributed by atoms with Gasteiger partial charge in [-0.1, -0.05) is 12.1 Å². The van der Waals surface area contributed by atoms with Gasteiger partial charge in [-0.15, -0.1) is 0 Å². The van der Waals surface area contributed by atoms with Crippen LogP contribution in [0.3, 0.4) is 0 Å². The van der Waals surface area contributed by atoms with E-state index in [1.807, 2.05) is 12.1 Å². The molecule has 0 aliphatic carbocycles. The number of thiocarbonyl (C=S) groups is 1. The summed E-state index contributed by atoms with van der Waals surface area (Å²) in [7, 11) is 0. The van der Waals surface area contributed by atoms with Crippen molar-refractivity contribution >= 4 is 84.6 Å². The van der Waals surface area contributed by atoms with Crippen molar-refractivity contribution in [2.45, 2.75) is 12.5 Å². The average Bonchev–Trinajstić information content (AvgIpc) is 3.14. The van der Waals surface area contributed by atoms with Crippen LogP contribution in [0.2, 0.25) is 0 Å². The number of amides is 2. The van der Waals surface area contributed by atoms with Crippen LogP contribution in [0.1, 0.15) is 5.56 Å². The molecule has 0 saturated carbocycles. The van der Waals surface area contributed by atoms with Crippen LogP contribution in [-0.2, 0) is 30.4 Å². The Morgan fingerprint density at radius 3 is 1.95 bits per heavy atom. The number of carboxylic acid groups (broad SMARTS) is 3. The Labute approximate surface area is 269 Å². The number of hydrogen-bond acceptors (Lipinski definition) is 9. The maximum absolute atomic E-state index is 12.1. The van der Waals surface area contributed by atoms with Gasteiger partial charge in [0, 0.05) is 57.5 Å². The number of carbonyl (C=O) groups is 5. The molecule has 1 fully saturated rings. The van der Waals surface area contributed by atoms with Gasteiger partial charge in [0.1, 0.15) is 8.96 Å². The van der Waals surface area contributed by atoms with Crippen molar-refractivity contribution < 1.29 is 39.3 Å². The minimum absolute atomic E-state index is 0.115. The molecule has 0 radical (unpaired) electrons. The number of halogens is 2. The maximum atomic E-state index is 12.1. The monoisotopic (exact) mass is 746 g/mol. The number of hydrogen-bond donors (Lipinski definition) is 5. The zero-order valence-electron chi connectivity index (χ0n) is 23.0. The third kappa shape index (κ3) is 10.6. The SMILES string of the molecule is O=C(O)CN1CCN(CC(=O)O)CC(Cc2ccc(NC(=S)NCCN3C(=O)C(Br)=C(Br)C3=O)cc2)N(CC(=O)O)CC1. The van der Waals surface area contributed by atoms with E-state index < -0.39 is 29.7 Å². The minimum Gasteiger partial charge on any atom is -0.480 e. The predicted molar refractivity (Wildman–Crippen MR) is 167 cm³/mol. The summed E-state index contributed by atoms with van der Waals surface area (Å²) in [6, 6.07) is 6.98. The zero-order valence-corrected chi connectivity index (χ0v) is 27.0. The summed E-state index contributed by atoms with van der Waals surface area (Å²) in [6.45, 7) is 1.20. The van der Waals surface area contributed by atoms with Crippen molar-refractivity contribution in [2.75, 3.05) is 70.8 Å². The first kappa shape index (κ1) is 34.5. The maximum Gasteiger partial charge on any atom is 0.317 e. The molecule has 1 atom stereocenters. The van der Waals surface area contributed by atoms with Crippen LogP contribution < -0.4 is 10.6 Å². The molecular weight excluding hydrogens is 716 g/mol. The second kappa shape index (κ2) is 16.2. The Morgan fingerprint density at radius 2 is 1.37 bits per heavy atom. The van der Waals surface area contributed by atoms with E-state index in [1.165, 1.54) is 0 Å². The van der Waals surface area contributed by atoms with Gasteiger partial charge >= 0.3 is 17.9 Å².